The lowest BCUT2D eigenvalue weighted by Crippen LogP contribution is -2.41. The highest BCUT2D eigenvalue weighted by atomic mass is 35.5. The minimum atomic E-state index is -0.116. The van der Waals surface area contributed by atoms with Crippen molar-refractivity contribution in [3.05, 3.63) is 70.7 Å². The average molecular weight is 373 g/mol. The maximum absolute atomic E-state index is 12.0. The molecule has 2 aromatic carbocycles. The van der Waals surface area contributed by atoms with Crippen molar-refractivity contribution in [2.75, 3.05) is 26.7 Å². The lowest BCUT2D eigenvalue weighted by Gasteiger charge is -2.12. The van der Waals surface area contributed by atoms with Crippen molar-refractivity contribution in [1.82, 2.24) is 16.0 Å². The maximum Gasteiger partial charge on any atom is 0.251 e. The second kappa shape index (κ2) is 11.2. The summed E-state index contributed by atoms with van der Waals surface area (Å²) < 4.78 is 0. The molecule has 1 amide bonds. The highest BCUT2D eigenvalue weighted by Gasteiger charge is 2.04. The third-order valence-electron chi connectivity index (χ3n) is 3.81. The molecule has 26 heavy (non-hydrogen) atoms. The fourth-order valence-corrected chi connectivity index (χ4v) is 2.55. The molecular weight excluding hydrogens is 348 g/mol. The topological polar surface area (TPSA) is 65.5 Å². The van der Waals surface area contributed by atoms with Crippen LogP contribution in [0.5, 0.6) is 0 Å². The van der Waals surface area contributed by atoms with Gasteiger partial charge in [-0.2, -0.15) is 0 Å². The standard InChI is InChI=1S/C20H25ClN4O/c1-22-20(24-13-5-8-16-6-3-2-4-7-16)25-15-14-23-19(26)17-9-11-18(21)12-10-17/h2-4,6-7,9-12H,5,8,13-15H2,1H3,(H,23,26)(H2,22,24,25). The van der Waals surface area contributed by atoms with Crippen molar-refractivity contribution in [3.8, 4) is 0 Å². The van der Waals surface area contributed by atoms with Crippen LogP contribution in [0, 0.1) is 0 Å². The molecule has 0 saturated heterocycles. The van der Waals surface area contributed by atoms with Crippen LogP contribution in [0.1, 0.15) is 22.3 Å². The highest BCUT2D eigenvalue weighted by Crippen LogP contribution is 2.09. The van der Waals surface area contributed by atoms with E-state index in [0.717, 1.165) is 25.3 Å². The van der Waals surface area contributed by atoms with E-state index in [1.165, 1.54) is 5.56 Å². The van der Waals surface area contributed by atoms with E-state index in [0.29, 0.717) is 23.7 Å². The van der Waals surface area contributed by atoms with Crippen LogP contribution in [-0.4, -0.2) is 38.5 Å². The fraction of sp³-hybridized carbons (Fsp3) is 0.300. The molecular formula is C20H25ClN4O. The molecule has 0 spiro atoms. The van der Waals surface area contributed by atoms with Gasteiger partial charge in [0, 0.05) is 37.3 Å². The van der Waals surface area contributed by atoms with Gasteiger partial charge < -0.3 is 16.0 Å². The fourth-order valence-electron chi connectivity index (χ4n) is 2.42. The van der Waals surface area contributed by atoms with Gasteiger partial charge in [0.15, 0.2) is 5.96 Å². The van der Waals surface area contributed by atoms with Crippen LogP contribution < -0.4 is 16.0 Å². The molecule has 0 aliphatic heterocycles. The number of hydrogen-bond acceptors (Lipinski definition) is 2. The minimum Gasteiger partial charge on any atom is -0.356 e. The molecule has 0 heterocycles. The van der Waals surface area contributed by atoms with Gasteiger partial charge in [-0.3, -0.25) is 9.79 Å². The van der Waals surface area contributed by atoms with Gasteiger partial charge in [0.25, 0.3) is 5.91 Å². The summed E-state index contributed by atoms with van der Waals surface area (Å²) in [5, 5.41) is 9.94. The van der Waals surface area contributed by atoms with E-state index in [2.05, 4.69) is 45.2 Å². The third-order valence-corrected chi connectivity index (χ3v) is 4.06. The molecule has 2 rings (SSSR count). The Balaban J connectivity index is 1.59. The molecule has 0 fully saturated rings. The largest absolute Gasteiger partial charge is 0.356 e. The number of hydrogen-bond donors (Lipinski definition) is 3. The van der Waals surface area contributed by atoms with Crippen molar-refractivity contribution < 1.29 is 4.79 Å². The molecule has 0 aromatic heterocycles. The van der Waals surface area contributed by atoms with Gasteiger partial charge in [0.1, 0.15) is 0 Å². The SMILES string of the molecule is CN=C(NCCCc1ccccc1)NCCNC(=O)c1ccc(Cl)cc1. The monoisotopic (exact) mass is 372 g/mol. The summed E-state index contributed by atoms with van der Waals surface area (Å²) >= 11 is 5.82. The van der Waals surface area contributed by atoms with Gasteiger partial charge in [0.2, 0.25) is 0 Å². The van der Waals surface area contributed by atoms with Crippen LogP contribution in [0.2, 0.25) is 5.02 Å². The van der Waals surface area contributed by atoms with E-state index < -0.39 is 0 Å². The molecule has 0 aliphatic rings. The minimum absolute atomic E-state index is 0.116. The molecule has 0 saturated carbocycles. The van der Waals surface area contributed by atoms with Crippen molar-refractivity contribution in [1.29, 1.82) is 0 Å². The zero-order valence-corrected chi connectivity index (χ0v) is 15.7. The van der Waals surface area contributed by atoms with E-state index >= 15 is 0 Å². The van der Waals surface area contributed by atoms with Crippen LogP contribution in [0.15, 0.2) is 59.6 Å². The number of nitrogens with zero attached hydrogens (tertiary/aromatic N) is 1. The van der Waals surface area contributed by atoms with Gasteiger partial charge in [-0.25, -0.2) is 0 Å². The second-order valence-electron chi connectivity index (χ2n) is 5.78. The zero-order valence-electron chi connectivity index (χ0n) is 15.0. The smallest absolute Gasteiger partial charge is 0.251 e. The molecule has 0 bridgehead atoms. The second-order valence-corrected chi connectivity index (χ2v) is 6.21. The van der Waals surface area contributed by atoms with Crippen molar-refractivity contribution in [2.24, 2.45) is 4.99 Å². The number of aryl methyl sites for hydroxylation is 1. The molecule has 5 nitrogen and oxygen atoms in total. The molecule has 3 N–H and O–H groups in total. The first-order valence-corrected chi connectivity index (χ1v) is 9.09. The summed E-state index contributed by atoms with van der Waals surface area (Å²) in [6.07, 6.45) is 2.06. The number of benzene rings is 2. The number of carbonyl (C=O) groups excluding carboxylic acids is 1. The Morgan fingerprint density at radius 3 is 2.27 bits per heavy atom. The predicted octanol–water partition coefficient (Wildman–Crippen LogP) is 2.87. The van der Waals surface area contributed by atoms with Crippen LogP contribution in [0.4, 0.5) is 0 Å². The number of guanidine groups is 1. The predicted molar refractivity (Wildman–Crippen MR) is 108 cm³/mol. The van der Waals surface area contributed by atoms with Crippen molar-refractivity contribution in [2.45, 2.75) is 12.8 Å². The zero-order chi connectivity index (χ0) is 18.6. The summed E-state index contributed by atoms with van der Waals surface area (Å²) in [5.74, 6) is 0.619. The number of amides is 1. The molecule has 0 aliphatic carbocycles. The lowest BCUT2D eigenvalue weighted by atomic mass is 10.1. The van der Waals surface area contributed by atoms with E-state index in [4.69, 9.17) is 11.6 Å². The number of carbonyl (C=O) groups is 1. The first-order valence-electron chi connectivity index (χ1n) is 8.71. The normalized spacial score (nSPS) is 11.1. The van der Waals surface area contributed by atoms with E-state index in [1.807, 2.05) is 6.07 Å². The molecule has 0 unspecified atom stereocenters. The average Bonchev–Trinajstić information content (AvgIpc) is 2.68. The number of aliphatic imine (C=N–C) groups is 1. The molecule has 2 aromatic rings. The van der Waals surface area contributed by atoms with Crippen LogP contribution >= 0.6 is 11.6 Å². The molecule has 0 radical (unpaired) electrons. The first kappa shape index (κ1) is 19.8. The quantitative estimate of drug-likeness (QED) is 0.379. The van der Waals surface area contributed by atoms with Gasteiger partial charge in [-0.15, -0.1) is 0 Å². The Hall–Kier alpha value is -2.53. The van der Waals surface area contributed by atoms with Crippen LogP contribution in [0.25, 0.3) is 0 Å². The van der Waals surface area contributed by atoms with Crippen molar-refractivity contribution in [3.63, 3.8) is 0 Å². The van der Waals surface area contributed by atoms with E-state index in [-0.39, 0.29) is 5.91 Å². The van der Waals surface area contributed by atoms with E-state index in [1.54, 1.807) is 31.3 Å². The number of nitrogens with one attached hydrogen (secondary N) is 3. The third kappa shape index (κ3) is 7.15. The Labute approximate surface area is 159 Å². The first-order chi connectivity index (χ1) is 12.7. The summed E-state index contributed by atoms with van der Waals surface area (Å²) in [4.78, 5) is 16.2. The van der Waals surface area contributed by atoms with Crippen LogP contribution in [-0.2, 0) is 6.42 Å². The molecule has 138 valence electrons. The Morgan fingerprint density at radius 1 is 0.923 bits per heavy atom. The Bertz CT molecular complexity index is 702. The van der Waals surface area contributed by atoms with Gasteiger partial charge in [0.05, 0.1) is 0 Å². The summed E-state index contributed by atoms with van der Waals surface area (Å²) in [6, 6.07) is 17.2. The van der Waals surface area contributed by atoms with Crippen LogP contribution in [0.3, 0.4) is 0 Å². The molecule has 6 heteroatoms. The van der Waals surface area contributed by atoms with Crippen molar-refractivity contribution >= 4 is 23.5 Å². The summed E-state index contributed by atoms with van der Waals surface area (Å²) in [7, 11) is 1.73. The van der Waals surface area contributed by atoms with Gasteiger partial charge in [-0.05, 0) is 42.7 Å². The van der Waals surface area contributed by atoms with Gasteiger partial charge >= 0.3 is 0 Å². The molecule has 0 atom stereocenters. The highest BCUT2D eigenvalue weighted by molar-refractivity contribution is 6.30. The number of halogens is 1. The lowest BCUT2D eigenvalue weighted by molar-refractivity contribution is 0.0954. The Kier molecular flexibility index (Phi) is 8.49. The Morgan fingerprint density at radius 2 is 1.58 bits per heavy atom. The van der Waals surface area contributed by atoms with E-state index in [9.17, 15) is 4.79 Å². The maximum atomic E-state index is 12.0. The summed E-state index contributed by atoms with van der Waals surface area (Å²) in [5.41, 5.74) is 1.93. The number of rotatable bonds is 8. The van der Waals surface area contributed by atoms with Gasteiger partial charge in [-0.1, -0.05) is 41.9 Å². The summed E-state index contributed by atoms with van der Waals surface area (Å²) in [6.45, 7) is 1.94.